The molecule has 4 nitrogen and oxygen atoms in total. The van der Waals surface area contributed by atoms with Crippen molar-refractivity contribution in [2.24, 2.45) is 17.6 Å². The second-order valence-electron chi connectivity index (χ2n) is 4.84. The Morgan fingerprint density at radius 1 is 1.62 bits per heavy atom. The van der Waals surface area contributed by atoms with E-state index in [0.717, 1.165) is 11.7 Å². The van der Waals surface area contributed by atoms with Crippen LogP contribution < -0.4 is 5.73 Å². The zero-order chi connectivity index (χ0) is 11.5. The Hall–Kier alpha value is -0.680. The third-order valence-electron chi connectivity index (χ3n) is 3.61. The second-order valence-corrected chi connectivity index (χ2v) is 5.19. The largest absolute Gasteiger partial charge is 0.348 e. The number of hydrogen-bond donors (Lipinski definition) is 2. The molecule has 0 bridgehead atoms. The molecule has 1 aromatic rings. The molecule has 1 fully saturated rings. The smallest absolute Gasteiger partial charge is 0.314 e. The van der Waals surface area contributed by atoms with Crippen LogP contribution in [-0.2, 0) is 0 Å². The van der Waals surface area contributed by atoms with Crippen LogP contribution in [0.1, 0.15) is 44.3 Å². The predicted octanol–water partition coefficient (Wildman–Crippen LogP) is 2.60. The molecule has 3 unspecified atom stereocenters. The Bertz CT molecular complexity index is 387. The normalized spacial score (nSPS) is 27.9. The number of nitrogens with two attached hydrogens (primary N) is 1. The Morgan fingerprint density at radius 3 is 3.00 bits per heavy atom. The number of H-pyrrole nitrogens is 1. The highest BCUT2D eigenvalue weighted by molar-refractivity contribution is 7.71. The highest BCUT2D eigenvalue weighted by atomic mass is 32.1. The fraction of sp³-hybridized carbons (Fsp3) is 0.818. The molecule has 0 aliphatic heterocycles. The minimum absolute atomic E-state index is 0.267. The first-order valence-corrected chi connectivity index (χ1v) is 6.37. The van der Waals surface area contributed by atoms with Gasteiger partial charge in [0, 0.05) is 12.5 Å². The minimum atomic E-state index is 0.267. The molecular formula is C11H19N3OS. The van der Waals surface area contributed by atoms with Crippen LogP contribution in [0, 0.1) is 16.7 Å². The van der Waals surface area contributed by atoms with Gasteiger partial charge in [-0.1, -0.05) is 19.8 Å². The molecule has 1 heterocycles. The van der Waals surface area contributed by atoms with Crippen molar-refractivity contribution >= 4 is 12.2 Å². The molecule has 0 spiro atoms. The van der Waals surface area contributed by atoms with Gasteiger partial charge in [-0.2, -0.15) is 4.98 Å². The van der Waals surface area contributed by atoms with Crippen molar-refractivity contribution in [3.8, 4) is 0 Å². The first-order valence-electron chi connectivity index (χ1n) is 5.96. The number of rotatable bonds is 3. The Labute approximate surface area is 101 Å². The van der Waals surface area contributed by atoms with Crippen molar-refractivity contribution in [2.75, 3.05) is 6.54 Å². The van der Waals surface area contributed by atoms with Gasteiger partial charge in [0.25, 0.3) is 0 Å². The lowest BCUT2D eigenvalue weighted by atomic mass is 9.75. The summed E-state index contributed by atoms with van der Waals surface area (Å²) >= 11 is 4.87. The van der Waals surface area contributed by atoms with Gasteiger partial charge in [0.2, 0.25) is 0 Å². The summed E-state index contributed by atoms with van der Waals surface area (Å²) < 4.78 is 4.99. The van der Waals surface area contributed by atoms with Crippen LogP contribution in [0.4, 0.5) is 0 Å². The number of nitrogens with one attached hydrogen (secondary N) is 1. The molecule has 0 saturated heterocycles. The van der Waals surface area contributed by atoms with Gasteiger partial charge in [0.05, 0.1) is 0 Å². The van der Waals surface area contributed by atoms with E-state index in [1.165, 1.54) is 25.7 Å². The lowest BCUT2D eigenvalue weighted by Crippen LogP contribution is -2.26. The monoisotopic (exact) mass is 241 g/mol. The molecule has 0 aromatic carbocycles. The van der Waals surface area contributed by atoms with Crippen LogP contribution in [0.25, 0.3) is 0 Å². The van der Waals surface area contributed by atoms with Crippen molar-refractivity contribution in [3.05, 3.63) is 10.7 Å². The molecule has 1 aliphatic rings. The van der Waals surface area contributed by atoms with Gasteiger partial charge < -0.3 is 10.3 Å². The van der Waals surface area contributed by atoms with E-state index in [9.17, 15) is 0 Å². The van der Waals surface area contributed by atoms with Crippen molar-refractivity contribution in [1.82, 2.24) is 10.1 Å². The lowest BCUT2D eigenvalue weighted by Gasteiger charge is -2.31. The molecule has 0 radical (unpaired) electrons. The average Bonchev–Trinajstić information content (AvgIpc) is 2.66. The average molecular weight is 241 g/mol. The van der Waals surface area contributed by atoms with Crippen LogP contribution in [0.15, 0.2) is 4.52 Å². The number of aromatic nitrogens is 2. The minimum Gasteiger partial charge on any atom is -0.348 e. The van der Waals surface area contributed by atoms with Gasteiger partial charge in [0.15, 0.2) is 0 Å². The molecule has 1 aliphatic carbocycles. The summed E-state index contributed by atoms with van der Waals surface area (Å²) in [5.74, 6) is 2.50. The van der Waals surface area contributed by atoms with E-state index >= 15 is 0 Å². The zero-order valence-corrected chi connectivity index (χ0v) is 10.4. The predicted molar refractivity (Wildman–Crippen MR) is 64.6 cm³/mol. The van der Waals surface area contributed by atoms with Gasteiger partial charge in [0.1, 0.15) is 5.82 Å². The van der Waals surface area contributed by atoms with E-state index in [1.54, 1.807) is 0 Å². The maximum Gasteiger partial charge on any atom is 0.314 e. The highest BCUT2D eigenvalue weighted by Crippen LogP contribution is 2.36. The topological polar surface area (TPSA) is 67.8 Å². The molecule has 1 aromatic heterocycles. The molecule has 2 rings (SSSR count). The van der Waals surface area contributed by atoms with Crippen LogP contribution in [-0.4, -0.2) is 16.7 Å². The molecule has 1 saturated carbocycles. The van der Waals surface area contributed by atoms with Crippen molar-refractivity contribution in [3.63, 3.8) is 0 Å². The van der Waals surface area contributed by atoms with Crippen LogP contribution >= 0.6 is 12.2 Å². The number of aromatic amines is 1. The fourth-order valence-electron chi connectivity index (χ4n) is 2.77. The summed E-state index contributed by atoms with van der Waals surface area (Å²) in [5.41, 5.74) is 5.85. The maximum atomic E-state index is 5.85. The van der Waals surface area contributed by atoms with Gasteiger partial charge >= 0.3 is 4.84 Å². The molecule has 0 amide bonds. The lowest BCUT2D eigenvalue weighted by molar-refractivity contribution is 0.240. The third kappa shape index (κ3) is 2.52. The van der Waals surface area contributed by atoms with Crippen molar-refractivity contribution < 1.29 is 4.52 Å². The van der Waals surface area contributed by atoms with Gasteiger partial charge in [-0.15, -0.1) is 0 Å². The quantitative estimate of drug-likeness (QED) is 0.798. The Morgan fingerprint density at radius 2 is 2.44 bits per heavy atom. The SMILES string of the molecule is CC1CCCC(C(CN)c2nc(=S)o[nH]2)C1. The van der Waals surface area contributed by atoms with E-state index in [-0.39, 0.29) is 10.8 Å². The summed E-state index contributed by atoms with van der Waals surface area (Å²) in [4.78, 5) is 4.47. The van der Waals surface area contributed by atoms with Crippen LogP contribution in [0.2, 0.25) is 0 Å². The van der Waals surface area contributed by atoms with Gasteiger partial charge in [-0.3, -0.25) is 0 Å². The summed E-state index contributed by atoms with van der Waals surface area (Å²) in [6, 6.07) is 0. The summed E-state index contributed by atoms with van der Waals surface area (Å²) in [5, 5.41) is 2.80. The Balaban J connectivity index is 2.12. The molecule has 3 N–H and O–H groups in total. The van der Waals surface area contributed by atoms with Crippen LogP contribution in [0.5, 0.6) is 0 Å². The van der Waals surface area contributed by atoms with Crippen molar-refractivity contribution in [2.45, 2.75) is 38.5 Å². The van der Waals surface area contributed by atoms with Gasteiger partial charge in [-0.05, 0) is 36.9 Å². The van der Waals surface area contributed by atoms with E-state index in [2.05, 4.69) is 17.1 Å². The molecular weight excluding hydrogens is 222 g/mol. The second kappa shape index (κ2) is 5.10. The fourth-order valence-corrected chi connectivity index (χ4v) is 2.91. The zero-order valence-electron chi connectivity index (χ0n) is 9.61. The van der Waals surface area contributed by atoms with E-state index in [0.29, 0.717) is 12.5 Å². The summed E-state index contributed by atoms with van der Waals surface area (Å²) in [6.45, 7) is 2.92. The molecule has 5 heteroatoms. The van der Waals surface area contributed by atoms with E-state index < -0.39 is 0 Å². The number of hydrogen-bond acceptors (Lipinski definition) is 4. The maximum absolute atomic E-state index is 5.85. The first-order chi connectivity index (χ1) is 7.70. The highest BCUT2D eigenvalue weighted by Gasteiger charge is 2.28. The number of nitrogens with zero attached hydrogens (tertiary/aromatic N) is 1. The molecule has 90 valence electrons. The first kappa shape index (κ1) is 11.8. The van der Waals surface area contributed by atoms with E-state index in [4.69, 9.17) is 22.5 Å². The van der Waals surface area contributed by atoms with Gasteiger partial charge in [-0.25, -0.2) is 5.16 Å². The Kier molecular flexibility index (Phi) is 3.76. The van der Waals surface area contributed by atoms with Crippen molar-refractivity contribution in [1.29, 1.82) is 0 Å². The van der Waals surface area contributed by atoms with Crippen LogP contribution in [0.3, 0.4) is 0 Å². The standard InChI is InChI=1S/C11H19N3OS/c1-7-3-2-4-8(5-7)9(6-12)10-13-11(16)15-14-10/h7-9H,2-6,12H2,1H3,(H,13,14,16). The summed E-state index contributed by atoms with van der Waals surface area (Å²) in [7, 11) is 0. The molecule has 3 atom stereocenters. The van der Waals surface area contributed by atoms with E-state index in [1.807, 2.05) is 0 Å². The summed E-state index contributed by atoms with van der Waals surface area (Å²) in [6.07, 6.45) is 5.10. The third-order valence-corrected chi connectivity index (χ3v) is 3.78. The molecule has 16 heavy (non-hydrogen) atoms.